The number of hydrogen-bond donors (Lipinski definition) is 0. The van der Waals surface area contributed by atoms with Crippen molar-refractivity contribution >= 4 is 29.4 Å². The number of nitrogens with zero attached hydrogens (tertiary/aromatic N) is 2. The largest absolute Gasteiger partial charge is 0.466 e. The van der Waals surface area contributed by atoms with Crippen molar-refractivity contribution in [3.63, 3.8) is 0 Å². The van der Waals surface area contributed by atoms with E-state index in [1.165, 1.54) is 41.3 Å². The molecular formula is C33H38N2O4. The first kappa shape index (κ1) is 28.0. The van der Waals surface area contributed by atoms with Crippen molar-refractivity contribution in [3.8, 4) is 5.75 Å². The molecule has 0 N–H and O–H groups in total. The SMILES string of the molecule is CCN(Cc1ccc(/C=C/C(=O)OC)cc1)c1ccccc1N1CCc2cc(OC(=O)C(C)(C)C)ccc2C1. The van der Waals surface area contributed by atoms with Gasteiger partial charge in [-0.2, -0.15) is 0 Å². The number of carbonyl (C=O) groups is 2. The summed E-state index contributed by atoms with van der Waals surface area (Å²) in [6.07, 6.45) is 4.07. The molecule has 39 heavy (non-hydrogen) atoms. The highest BCUT2D eigenvalue weighted by Crippen LogP contribution is 2.35. The number of ether oxygens (including phenoxy) is 2. The minimum Gasteiger partial charge on any atom is -0.466 e. The molecule has 0 bridgehead atoms. The van der Waals surface area contributed by atoms with Crippen LogP contribution < -0.4 is 14.5 Å². The first-order chi connectivity index (χ1) is 18.7. The summed E-state index contributed by atoms with van der Waals surface area (Å²) in [5.41, 5.74) is 6.52. The lowest BCUT2D eigenvalue weighted by atomic mass is 9.97. The second-order valence-electron chi connectivity index (χ2n) is 10.8. The van der Waals surface area contributed by atoms with E-state index in [0.717, 1.165) is 38.2 Å². The first-order valence-corrected chi connectivity index (χ1v) is 13.5. The Balaban J connectivity index is 1.49. The lowest BCUT2D eigenvalue weighted by molar-refractivity contribution is -0.143. The molecular weight excluding hydrogens is 488 g/mol. The van der Waals surface area contributed by atoms with Gasteiger partial charge in [0.1, 0.15) is 5.75 Å². The first-order valence-electron chi connectivity index (χ1n) is 13.5. The van der Waals surface area contributed by atoms with E-state index in [4.69, 9.17) is 4.74 Å². The summed E-state index contributed by atoms with van der Waals surface area (Å²) in [5.74, 6) is 0.0323. The van der Waals surface area contributed by atoms with Crippen LogP contribution >= 0.6 is 0 Å². The summed E-state index contributed by atoms with van der Waals surface area (Å²) in [5, 5.41) is 0. The van der Waals surface area contributed by atoms with Gasteiger partial charge in [-0.05, 0) is 86.7 Å². The standard InChI is InChI=1S/C33H38N2O4/c1-6-34(22-25-13-11-24(12-14-25)15-18-31(36)38-5)29-9-7-8-10-30(29)35-20-19-26-21-28(17-16-27(26)23-35)39-32(37)33(2,3)4/h7-18,21H,6,19-20,22-23H2,1-5H3/b18-15+. The average molecular weight is 527 g/mol. The van der Waals surface area contributed by atoms with Crippen LogP contribution in [0.2, 0.25) is 0 Å². The van der Waals surface area contributed by atoms with Crippen LogP contribution in [0.1, 0.15) is 49.9 Å². The molecule has 204 valence electrons. The van der Waals surface area contributed by atoms with Crippen LogP contribution in [0.3, 0.4) is 0 Å². The normalized spacial score (nSPS) is 13.2. The van der Waals surface area contributed by atoms with Gasteiger partial charge in [-0.25, -0.2) is 4.79 Å². The molecule has 0 saturated carbocycles. The Hall–Kier alpha value is -4.06. The molecule has 0 spiro atoms. The van der Waals surface area contributed by atoms with Crippen molar-refractivity contribution in [2.75, 3.05) is 30.0 Å². The van der Waals surface area contributed by atoms with E-state index >= 15 is 0 Å². The predicted octanol–water partition coefficient (Wildman–Crippen LogP) is 6.41. The molecule has 4 rings (SSSR count). The third kappa shape index (κ3) is 7.08. The van der Waals surface area contributed by atoms with Gasteiger partial charge in [-0.15, -0.1) is 0 Å². The highest BCUT2D eigenvalue weighted by Gasteiger charge is 2.25. The van der Waals surface area contributed by atoms with Gasteiger partial charge in [0.15, 0.2) is 0 Å². The van der Waals surface area contributed by atoms with E-state index in [2.05, 4.69) is 63.9 Å². The van der Waals surface area contributed by atoms with Crippen LogP contribution in [0.4, 0.5) is 11.4 Å². The molecule has 0 aliphatic carbocycles. The van der Waals surface area contributed by atoms with Gasteiger partial charge >= 0.3 is 11.9 Å². The number of carbonyl (C=O) groups excluding carboxylic acids is 2. The Kier molecular flexibility index (Phi) is 8.75. The van der Waals surface area contributed by atoms with E-state index in [0.29, 0.717) is 5.75 Å². The smallest absolute Gasteiger partial charge is 0.330 e. The van der Waals surface area contributed by atoms with E-state index in [-0.39, 0.29) is 11.9 Å². The van der Waals surface area contributed by atoms with Crippen molar-refractivity contribution in [1.82, 2.24) is 0 Å². The molecule has 3 aromatic rings. The highest BCUT2D eigenvalue weighted by molar-refractivity contribution is 5.86. The van der Waals surface area contributed by atoms with E-state index in [1.807, 2.05) is 45.0 Å². The van der Waals surface area contributed by atoms with Crippen molar-refractivity contribution in [2.45, 2.75) is 47.2 Å². The van der Waals surface area contributed by atoms with Gasteiger partial charge < -0.3 is 19.3 Å². The Morgan fingerprint density at radius 3 is 2.44 bits per heavy atom. The lowest BCUT2D eigenvalue weighted by Crippen LogP contribution is -2.33. The van der Waals surface area contributed by atoms with E-state index in [9.17, 15) is 9.59 Å². The fourth-order valence-corrected chi connectivity index (χ4v) is 4.61. The Morgan fingerprint density at radius 1 is 1.00 bits per heavy atom. The van der Waals surface area contributed by atoms with E-state index in [1.54, 1.807) is 6.08 Å². The van der Waals surface area contributed by atoms with Crippen molar-refractivity contribution in [3.05, 3.63) is 95.1 Å². The highest BCUT2D eigenvalue weighted by atomic mass is 16.5. The van der Waals surface area contributed by atoms with Gasteiger partial charge in [0.25, 0.3) is 0 Å². The summed E-state index contributed by atoms with van der Waals surface area (Å²) in [6, 6.07) is 22.8. The summed E-state index contributed by atoms with van der Waals surface area (Å²) in [7, 11) is 1.37. The Morgan fingerprint density at radius 2 is 1.74 bits per heavy atom. The minimum atomic E-state index is -0.537. The van der Waals surface area contributed by atoms with Gasteiger partial charge in [0.2, 0.25) is 0 Å². The van der Waals surface area contributed by atoms with Crippen molar-refractivity contribution < 1.29 is 19.1 Å². The molecule has 0 amide bonds. The number of anilines is 2. The zero-order valence-corrected chi connectivity index (χ0v) is 23.6. The number of fused-ring (bicyclic) bond motifs is 1. The maximum atomic E-state index is 12.3. The summed E-state index contributed by atoms with van der Waals surface area (Å²) >= 11 is 0. The molecule has 0 saturated heterocycles. The van der Waals surface area contributed by atoms with Crippen LogP contribution in [0, 0.1) is 5.41 Å². The van der Waals surface area contributed by atoms with Crippen molar-refractivity contribution in [2.24, 2.45) is 5.41 Å². The molecule has 0 unspecified atom stereocenters. The van der Waals surface area contributed by atoms with Crippen LogP contribution in [0.15, 0.2) is 72.8 Å². The number of esters is 2. The molecule has 1 heterocycles. The molecule has 3 aromatic carbocycles. The summed E-state index contributed by atoms with van der Waals surface area (Å²) < 4.78 is 10.3. The molecule has 6 heteroatoms. The van der Waals surface area contributed by atoms with E-state index < -0.39 is 5.41 Å². The number of para-hydroxylation sites is 2. The Labute approximate surface area is 231 Å². The van der Waals surface area contributed by atoms with Gasteiger partial charge in [-0.3, -0.25) is 4.79 Å². The maximum Gasteiger partial charge on any atom is 0.330 e. The van der Waals surface area contributed by atoms with Crippen molar-refractivity contribution in [1.29, 1.82) is 0 Å². The minimum absolute atomic E-state index is 0.222. The third-order valence-corrected chi connectivity index (χ3v) is 6.92. The number of rotatable bonds is 8. The second-order valence-corrected chi connectivity index (χ2v) is 10.8. The van der Waals surface area contributed by atoms with Crippen LogP contribution in [-0.2, 0) is 33.8 Å². The lowest BCUT2D eigenvalue weighted by Gasteiger charge is -2.35. The monoisotopic (exact) mass is 526 g/mol. The molecule has 0 atom stereocenters. The second kappa shape index (κ2) is 12.2. The molecule has 1 aliphatic heterocycles. The molecule has 1 aliphatic rings. The van der Waals surface area contributed by atoms with Gasteiger partial charge in [0.05, 0.1) is 23.9 Å². The maximum absolute atomic E-state index is 12.3. The van der Waals surface area contributed by atoms with Crippen LogP contribution in [-0.4, -0.2) is 32.1 Å². The zero-order valence-electron chi connectivity index (χ0n) is 23.6. The topological polar surface area (TPSA) is 59.1 Å². The number of methoxy groups -OCH3 is 1. The quantitative estimate of drug-likeness (QED) is 0.192. The number of benzene rings is 3. The molecule has 0 aromatic heterocycles. The van der Waals surface area contributed by atoms with Crippen LogP contribution in [0.25, 0.3) is 6.08 Å². The average Bonchev–Trinajstić information content (AvgIpc) is 2.94. The zero-order chi connectivity index (χ0) is 28.0. The predicted molar refractivity (Wildman–Crippen MR) is 157 cm³/mol. The Bertz CT molecular complexity index is 1340. The summed E-state index contributed by atoms with van der Waals surface area (Å²) in [6.45, 7) is 11.1. The molecule has 0 radical (unpaired) electrons. The summed E-state index contributed by atoms with van der Waals surface area (Å²) in [4.78, 5) is 28.5. The fourth-order valence-electron chi connectivity index (χ4n) is 4.61. The third-order valence-electron chi connectivity index (χ3n) is 6.92. The molecule has 6 nitrogen and oxygen atoms in total. The van der Waals surface area contributed by atoms with Crippen LogP contribution in [0.5, 0.6) is 5.75 Å². The number of hydrogen-bond acceptors (Lipinski definition) is 6. The molecule has 0 fully saturated rings. The fraction of sp³-hybridized carbons (Fsp3) is 0.333. The van der Waals surface area contributed by atoms with Gasteiger partial charge in [0, 0.05) is 32.3 Å². The van der Waals surface area contributed by atoms with Gasteiger partial charge in [-0.1, -0.05) is 42.5 Å².